The highest BCUT2D eigenvalue weighted by atomic mass is 16.2. The van der Waals surface area contributed by atoms with Crippen molar-refractivity contribution in [3.8, 4) is 0 Å². The Morgan fingerprint density at radius 1 is 0.966 bits per heavy atom. The van der Waals surface area contributed by atoms with Crippen LogP contribution in [0.3, 0.4) is 0 Å². The van der Waals surface area contributed by atoms with Crippen molar-refractivity contribution in [3.63, 3.8) is 0 Å². The third kappa shape index (κ3) is 4.18. The first-order valence-corrected chi connectivity index (χ1v) is 11.0. The van der Waals surface area contributed by atoms with Gasteiger partial charge in [-0.1, -0.05) is 66.7 Å². The lowest BCUT2D eigenvalue weighted by molar-refractivity contribution is 0.284. The van der Waals surface area contributed by atoms with Gasteiger partial charge in [-0.05, 0) is 36.7 Å². The molecule has 0 unspecified atom stereocenters. The van der Waals surface area contributed by atoms with E-state index in [1.165, 1.54) is 22.0 Å². The van der Waals surface area contributed by atoms with Gasteiger partial charge in [0.25, 0.3) is 0 Å². The lowest BCUT2D eigenvalue weighted by atomic mass is 9.83. The lowest BCUT2D eigenvalue weighted by Crippen LogP contribution is -2.17. The Hall–Kier alpha value is -1.94. The summed E-state index contributed by atoms with van der Waals surface area (Å²) in [4.78, 5) is 5.24. The summed E-state index contributed by atoms with van der Waals surface area (Å²) in [5, 5.41) is 16.8. The number of aliphatic hydroxyl groups is 1. The predicted octanol–water partition coefficient (Wildman–Crippen LogP) is 5.90. The molecule has 3 rings (SSSR count). The average Bonchev–Trinajstić information content (AvgIpc) is 2.98. The molecule has 29 heavy (non-hydrogen) atoms. The van der Waals surface area contributed by atoms with Gasteiger partial charge in [0, 0.05) is 35.0 Å². The fraction of sp³-hybridized carbons (Fsp3) is 0.600. The summed E-state index contributed by atoms with van der Waals surface area (Å²) < 4.78 is 2.20. The largest absolute Gasteiger partial charge is 0.396 e. The predicted molar refractivity (Wildman–Crippen MR) is 123 cm³/mol. The molecule has 0 aliphatic heterocycles. The van der Waals surface area contributed by atoms with E-state index in [1.807, 2.05) is 0 Å². The van der Waals surface area contributed by atoms with E-state index in [0.717, 1.165) is 49.0 Å². The van der Waals surface area contributed by atoms with Crippen LogP contribution in [0.15, 0.2) is 18.2 Å². The van der Waals surface area contributed by atoms with Crippen LogP contribution in [0.1, 0.15) is 84.7 Å². The molecule has 0 radical (unpaired) electrons. The summed E-state index contributed by atoms with van der Waals surface area (Å²) in [5.41, 5.74) is 5.73. The molecule has 4 nitrogen and oxygen atoms in total. The van der Waals surface area contributed by atoms with E-state index in [9.17, 15) is 5.11 Å². The van der Waals surface area contributed by atoms with Gasteiger partial charge in [0.15, 0.2) is 0 Å². The number of rotatable bonds is 6. The average molecular weight is 396 g/mol. The minimum Gasteiger partial charge on any atom is -0.396 e. The van der Waals surface area contributed by atoms with Gasteiger partial charge < -0.3 is 5.11 Å². The van der Waals surface area contributed by atoms with Gasteiger partial charge in [-0.2, -0.15) is 5.10 Å². The van der Waals surface area contributed by atoms with Crippen molar-refractivity contribution < 1.29 is 5.11 Å². The number of nitrogens with zero attached hydrogens (tertiary/aromatic N) is 3. The molecule has 158 valence electrons. The minimum atomic E-state index is -0.0921. The van der Waals surface area contributed by atoms with E-state index in [-0.39, 0.29) is 17.4 Å². The molecule has 0 bridgehead atoms. The van der Waals surface area contributed by atoms with Gasteiger partial charge in [0.05, 0.1) is 11.2 Å². The smallest absolute Gasteiger partial charge is 0.115 e. The fourth-order valence-electron chi connectivity index (χ4n) is 4.16. The molecule has 0 saturated heterocycles. The molecule has 4 heteroatoms. The number of aryl methyl sites for hydroxylation is 2. The van der Waals surface area contributed by atoms with Crippen molar-refractivity contribution in [2.24, 2.45) is 0 Å². The highest BCUT2D eigenvalue weighted by molar-refractivity contribution is 6.08. The molecule has 0 spiro atoms. The summed E-state index contributed by atoms with van der Waals surface area (Å²) in [5.74, 6) is 0. The third-order valence-corrected chi connectivity index (χ3v) is 5.59. The van der Waals surface area contributed by atoms with E-state index in [1.54, 1.807) is 0 Å². The molecule has 0 aliphatic rings. The molecule has 2 aromatic heterocycles. The van der Waals surface area contributed by atoms with Crippen LogP contribution in [0.25, 0.3) is 21.8 Å². The Balaban J connectivity index is 2.45. The number of hydrogen-bond acceptors (Lipinski definition) is 3. The summed E-state index contributed by atoms with van der Waals surface area (Å²) in [6.45, 7) is 16.8. The Labute approximate surface area is 175 Å². The van der Waals surface area contributed by atoms with E-state index in [2.05, 4.69) is 71.3 Å². The van der Waals surface area contributed by atoms with Gasteiger partial charge >= 0.3 is 0 Å². The van der Waals surface area contributed by atoms with Gasteiger partial charge in [-0.3, -0.25) is 4.68 Å². The van der Waals surface area contributed by atoms with Crippen LogP contribution in [0.4, 0.5) is 0 Å². The fourth-order valence-corrected chi connectivity index (χ4v) is 4.16. The van der Waals surface area contributed by atoms with Crippen molar-refractivity contribution in [3.05, 3.63) is 35.2 Å². The van der Waals surface area contributed by atoms with Crippen molar-refractivity contribution in [1.82, 2.24) is 14.8 Å². The Morgan fingerprint density at radius 3 is 2.28 bits per heavy atom. The third-order valence-electron chi connectivity index (χ3n) is 5.59. The number of para-hydroxylation sites is 1. The van der Waals surface area contributed by atoms with Crippen LogP contribution in [0.2, 0.25) is 0 Å². The molecule has 1 aromatic carbocycles. The van der Waals surface area contributed by atoms with Crippen LogP contribution in [-0.2, 0) is 23.8 Å². The Bertz CT molecular complexity index is 1000. The topological polar surface area (TPSA) is 50.9 Å². The summed E-state index contributed by atoms with van der Waals surface area (Å²) in [6.07, 6.45) is 3.76. The number of hydrogen-bond donors (Lipinski definition) is 1. The number of aromatic nitrogens is 3. The maximum Gasteiger partial charge on any atom is 0.115 e. The second kappa shape index (κ2) is 8.06. The second-order valence-corrected chi connectivity index (χ2v) is 10.2. The monoisotopic (exact) mass is 395 g/mol. The molecule has 0 atom stereocenters. The summed E-state index contributed by atoms with van der Waals surface area (Å²) >= 11 is 0. The Kier molecular flexibility index (Phi) is 6.05. The summed E-state index contributed by atoms with van der Waals surface area (Å²) in [7, 11) is 0. The first kappa shape index (κ1) is 21.8. The van der Waals surface area contributed by atoms with Crippen LogP contribution >= 0.6 is 0 Å². The van der Waals surface area contributed by atoms with Gasteiger partial charge in [-0.15, -0.1) is 0 Å². The van der Waals surface area contributed by atoms with Crippen LogP contribution in [0, 0.1) is 0 Å². The molecular weight excluding hydrogens is 358 g/mol. The van der Waals surface area contributed by atoms with Crippen molar-refractivity contribution in [1.29, 1.82) is 0 Å². The standard InChI is InChI=1S/C25H37N3O/c1-8-15-28-19(14-9-10-16-29)20-17-12-11-13-18(24(2,3)4)21(17)26-23(22(20)27-28)25(5,6)7/h11-13,29H,8-10,14-16H2,1-7H3. The first-order valence-electron chi connectivity index (χ1n) is 11.0. The van der Waals surface area contributed by atoms with E-state index >= 15 is 0 Å². The van der Waals surface area contributed by atoms with Crippen molar-refractivity contribution >= 4 is 21.8 Å². The highest BCUT2D eigenvalue weighted by Gasteiger charge is 2.27. The maximum absolute atomic E-state index is 9.30. The number of aliphatic hydroxyl groups excluding tert-OH is 1. The highest BCUT2D eigenvalue weighted by Crippen LogP contribution is 2.38. The quantitative estimate of drug-likeness (QED) is 0.528. The molecule has 0 aliphatic carbocycles. The van der Waals surface area contributed by atoms with Crippen LogP contribution in [0.5, 0.6) is 0 Å². The zero-order chi connectivity index (χ0) is 21.4. The van der Waals surface area contributed by atoms with Crippen LogP contribution < -0.4 is 0 Å². The molecule has 3 aromatic rings. The number of pyridine rings is 1. The number of benzene rings is 1. The zero-order valence-corrected chi connectivity index (χ0v) is 19.3. The minimum absolute atomic E-state index is 0.0196. The van der Waals surface area contributed by atoms with E-state index < -0.39 is 0 Å². The van der Waals surface area contributed by atoms with Crippen LogP contribution in [-0.4, -0.2) is 26.5 Å². The number of fused-ring (bicyclic) bond motifs is 3. The van der Waals surface area contributed by atoms with E-state index in [4.69, 9.17) is 10.1 Å². The van der Waals surface area contributed by atoms with Gasteiger partial charge in [0.1, 0.15) is 5.52 Å². The maximum atomic E-state index is 9.30. The summed E-state index contributed by atoms with van der Waals surface area (Å²) in [6, 6.07) is 6.59. The van der Waals surface area contributed by atoms with E-state index in [0.29, 0.717) is 0 Å². The van der Waals surface area contributed by atoms with Gasteiger partial charge in [0.2, 0.25) is 0 Å². The molecular formula is C25H37N3O. The Morgan fingerprint density at radius 2 is 1.69 bits per heavy atom. The normalized spacial score (nSPS) is 13.0. The van der Waals surface area contributed by atoms with Gasteiger partial charge in [-0.25, -0.2) is 4.98 Å². The lowest BCUT2D eigenvalue weighted by Gasteiger charge is -2.24. The SMILES string of the molecule is CCCn1nc2c(C(C)(C)C)nc3c(C(C)(C)C)cccc3c2c1CCCCO. The molecule has 1 N–H and O–H groups in total. The second-order valence-electron chi connectivity index (χ2n) is 10.2. The number of unbranched alkanes of at least 4 members (excludes halogenated alkanes) is 1. The first-order chi connectivity index (χ1) is 13.6. The van der Waals surface area contributed by atoms with Crippen molar-refractivity contribution in [2.75, 3.05) is 6.61 Å². The zero-order valence-electron chi connectivity index (χ0n) is 19.3. The molecule has 0 saturated carbocycles. The van der Waals surface area contributed by atoms with Crippen molar-refractivity contribution in [2.45, 2.75) is 91.5 Å². The molecule has 2 heterocycles. The molecule has 0 fully saturated rings. The molecule has 0 amide bonds.